The summed E-state index contributed by atoms with van der Waals surface area (Å²) in [6.45, 7) is 0. The van der Waals surface area contributed by atoms with Gasteiger partial charge in [-0.25, -0.2) is 0 Å². The van der Waals surface area contributed by atoms with Gasteiger partial charge in [0.25, 0.3) is 0 Å². The minimum Gasteiger partial charge on any atom is -0.365 e. The highest BCUT2D eigenvalue weighted by Gasteiger charge is 1.81. The molecule has 0 rings (SSSR count). The molecule has 0 fully saturated rings. The van der Waals surface area contributed by atoms with Crippen molar-refractivity contribution in [2.24, 2.45) is 0 Å². The maximum Gasteiger partial charge on any atom is 0.171 e. The molecule has 0 radical (unpaired) electrons. The van der Waals surface area contributed by atoms with Crippen LogP contribution in [0.1, 0.15) is 0 Å². The maximum atomic E-state index is 8.13. The molecule has 42 valence electrons. The summed E-state index contributed by atoms with van der Waals surface area (Å²) in [4.78, 5) is 0. The minimum absolute atomic E-state index is 0.657. The molecular formula is C4H7BrO2. The molecule has 3 heteroatoms. The summed E-state index contributed by atoms with van der Waals surface area (Å²) in [6.07, 6.45) is 1.59. The van der Waals surface area contributed by atoms with E-state index >= 15 is 0 Å². The van der Waals surface area contributed by atoms with E-state index in [0.717, 1.165) is 0 Å². The van der Waals surface area contributed by atoms with Crippen LogP contribution in [-0.4, -0.2) is 21.8 Å². The summed E-state index contributed by atoms with van der Waals surface area (Å²) in [5.41, 5.74) is 0. The number of halogens is 1. The number of aliphatic hydroxyl groups is 2. The summed E-state index contributed by atoms with van der Waals surface area (Å²) >= 11 is 3.07. The van der Waals surface area contributed by atoms with Gasteiger partial charge in [0.15, 0.2) is 6.29 Å². The first kappa shape index (κ1) is 7.14. The van der Waals surface area contributed by atoms with Crippen molar-refractivity contribution >= 4 is 15.9 Å². The van der Waals surface area contributed by atoms with Crippen molar-refractivity contribution in [2.45, 2.75) is 6.29 Å². The van der Waals surface area contributed by atoms with E-state index in [2.05, 4.69) is 15.9 Å². The van der Waals surface area contributed by atoms with Gasteiger partial charge in [-0.15, -0.1) is 0 Å². The first-order valence-corrected chi connectivity index (χ1v) is 2.98. The van der Waals surface area contributed by atoms with Crippen LogP contribution >= 0.6 is 15.9 Å². The molecule has 0 bridgehead atoms. The van der Waals surface area contributed by atoms with Gasteiger partial charge in [-0.1, -0.05) is 22.0 Å². The quantitative estimate of drug-likeness (QED) is 0.351. The fourth-order valence-electron chi connectivity index (χ4n) is 0.173. The third-order valence-corrected chi connectivity index (χ3v) is 0.771. The number of hydrogen-bond donors (Lipinski definition) is 2. The van der Waals surface area contributed by atoms with Gasteiger partial charge in [-0.2, -0.15) is 0 Å². The second-order valence-corrected chi connectivity index (χ2v) is 1.64. The maximum absolute atomic E-state index is 8.13. The fraction of sp³-hybridized carbons (Fsp3) is 0.500. The molecule has 0 atom stereocenters. The molecule has 0 aromatic rings. The summed E-state index contributed by atoms with van der Waals surface area (Å²) in [7, 11) is 0. The third-order valence-electron chi connectivity index (χ3n) is 0.397. The SMILES string of the molecule is OC(O)/C=C/CBr. The molecule has 0 saturated carbocycles. The number of rotatable bonds is 2. The van der Waals surface area contributed by atoms with Crippen LogP contribution in [-0.2, 0) is 0 Å². The summed E-state index contributed by atoms with van der Waals surface area (Å²) in [5.74, 6) is 0. The van der Waals surface area contributed by atoms with Crippen molar-refractivity contribution in [3.8, 4) is 0 Å². The zero-order valence-corrected chi connectivity index (χ0v) is 5.30. The van der Waals surface area contributed by atoms with Crippen molar-refractivity contribution in [3.05, 3.63) is 12.2 Å². The van der Waals surface area contributed by atoms with E-state index in [1.165, 1.54) is 6.08 Å². The Morgan fingerprint density at radius 2 is 2.14 bits per heavy atom. The van der Waals surface area contributed by atoms with Crippen molar-refractivity contribution in [1.82, 2.24) is 0 Å². The Hall–Kier alpha value is 0.140. The second-order valence-electron chi connectivity index (χ2n) is 0.996. The molecule has 0 aromatic carbocycles. The molecule has 0 heterocycles. The first-order chi connectivity index (χ1) is 3.27. The highest BCUT2D eigenvalue weighted by atomic mass is 79.9. The Bertz CT molecular complexity index is 60.7. The van der Waals surface area contributed by atoms with Crippen LogP contribution in [0.5, 0.6) is 0 Å². The van der Waals surface area contributed by atoms with Crippen LogP contribution in [0.15, 0.2) is 12.2 Å². The van der Waals surface area contributed by atoms with E-state index in [1.807, 2.05) is 0 Å². The number of allylic oxidation sites excluding steroid dienone is 1. The van der Waals surface area contributed by atoms with Crippen LogP contribution in [0.2, 0.25) is 0 Å². The summed E-state index contributed by atoms with van der Waals surface area (Å²) < 4.78 is 0. The molecular weight excluding hydrogens is 160 g/mol. The van der Waals surface area contributed by atoms with Gasteiger partial charge in [0, 0.05) is 5.33 Å². The van der Waals surface area contributed by atoms with Gasteiger partial charge in [-0.3, -0.25) is 0 Å². The Balaban J connectivity index is 3.08. The lowest BCUT2D eigenvalue weighted by atomic mass is 10.5. The summed E-state index contributed by atoms with van der Waals surface area (Å²) in [6, 6.07) is 0. The zero-order valence-electron chi connectivity index (χ0n) is 3.71. The molecule has 0 unspecified atom stereocenters. The van der Waals surface area contributed by atoms with Crippen molar-refractivity contribution in [2.75, 3.05) is 5.33 Å². The van der Waals surface area contributed by atoms with Gasteiger partial charge in [0.2, 0.25) is 0 Å². The normalized spacial score (nSPS) is 11.4. The van der Waals surface area contributed by atoms with Gasteiger partial charge in [0.1, 0.15) is 0 Å². The largest absolute Gasteiger partial charge is 0.365 e. The molecule has 0 spiro atoms. The standard InChI is InChI=1S/C4H7BrO2/c5-3-1-2-4(6)7/h1-2,4,6-7H,3H2/b2-1+. The van der Waals surface area contributed by atoms with Crippen LogP contribution in [0, 0.1) is 0 Å². The van der Waals surface area contributed by atoms with Gasteiger partial charge in [-0.05, 0) is 6.08 Å². The van der Waals surface area contributed by atoms with Crippen LogP contribution in [0.25, 0.3) is 0 Å². The number of alkyl halides is 1. The first-order valence-electron chi connectivity index (χ1n) is 1.86. The third kappa shape index (κ3) is 6.14. The molecule has 0 aromatic heterocycles. The average Bonchev–Trinajstić information content (AvgIpc) is 1.61. The Morgan fingerprint density at radius 1 is 1.57 bits per heavy atom. The van der Waals surface area contributed by atoms with Crippen LogP contribution < -0.4 is 0 Å². The average molecular weight is 167 g/mol. The highest BCUT2D eigenvalue weighted by molar-refractivity contribution is 9.09. The Morgan fingerprint density at radius 3 is 2.29 bits per heavy atom. The minimum atomic E-state index is -1.31. The predicted molar refractivity (Wildman–Crippen MR) is 31.2 cm³/mol. The highest BCUT2D eigenvalue weighted by Crippen LogP contribution is 1.83. The number of aliphatic hydroxyl groups excluding tert-OH is 1. The van der Waals surface area contributed by atoms with Gasteiger partial charge < -0.3 is 10.2 Å². The molecule has 0 aliphatic rings. The van der Waals surface area contributed by atoms with Crippen molar-refractivity contribution < 1.29 is 10.2 Å². The zero-order chi connectivity index (χ0) is 5.70. The molecule has 0 amide bonds. The van der Waals surface area contributed by atoms with Crippen LogP contribution in [0.4, 0.5) is 0 Å². The monoisotopic (exact) mass is 166 g/mol. The van der Waals surface area contributed by atoms with Gasteiger partial charge >= 0.3 is 0 Å². The van der Waals surface area contributed by atoms with Crippen LogP contribution in [0.3, 0.4) is 0 Å². The smallest absolute Gasteiger partial charge is 0.171 e. The van der Waals surface area contributed by atoms with E-state index in [0.29, 0.717) is 5.33 Å². The molecule has 2 nitrogen and oxygen atoms in total. The second kappa shape index (κ2) is 4.30. The molecule has 2 N–H and O–H groups in total. The van der Waals surface area contributed by atoms with Crippen molar-refractivity contribution in [1.29, 1.82) is 0 Å². The molecule has 0 aliphatic carbocycles. The van der Waals surface area contributed by atoms with E-state index in [1.54, 1.807) is 6.08 Å². The van der Waals surface area contributed by atoms with E-state index in [-0.39, 0.29) is 0 Å². The van der Waals surface area contributed by atoms with E-state index in [4.69, 9.17) is 10.2 Å². The summed E-state index contributed by atoms with van der Waals surface area (Å²) in [5, 5.41) is 16.9. The fourth-order valence-corrected chi connectivity index (χ4v) is 0.389. The van der Waals surface area contributed by atoms with Crippen molar-refractivity contribution in [3.63, 3.8) is 0 Å². The Kier molecular flexibility index (Phi) is 4.39. The molecule has 7 heavy (non-hydrogen) atoms. The lowest BCUT2D eigenvalue weighted by Crippen LogP contribution is -1.96. The predicted octanol–water partition coefficient (Wildman–Crippen LogP) is 0.248. The molecule has 0 saturated heterocycles. The number of hydrogen-bond acceptors (Lipinski definition) is 2. The van der Waals surface area contributed by atoms with E-state index < -0.39 is 6.29 Å². The lowest BCUT2D eigenvalue weighted by Gasteiger charge is -1.88. The lowest BCUT2D eigenvalue weighted by molar-refractivity contribution is 0.00230. The van der Waals surface area contributed by atoms with Gasteiger partial charge in [0.05, 0.1) is 0 Å². The Labute approximate surface area is 50.6 Å². The van der Waals surface area contributed by atoms with E-state index in [9.17, 15) is 0 Å². The molecule has 0 aliphatic heterocycles. The topological polar surface area (TPSA) is 40.5 Å².